The lowest BCUT2D eigenvalue weighted by molar-refractivity contribution is 0.897. The molecule has 0 spiro atoms. The molecule has 3 rings (SSSR count). The van der Waals surface area contributed by atoms with Gasteiger partial charge in [-0.15, -0.1) is 11.8 Å². The van der Waals surface area contributed by atoms with Crippen molar-refractivity contribution in [3.05, 3.63) is 58.1 Å². The molecule has 2 aromatic rings. The predicted molar refractivity (Wildman–Crippen MR) is 82.4 cm³/mol. The van der Waals surface area contributed by atoms with E-state index in [1.165, 1.54) is 21.7 Å². The summed E-state index contributed by atoms with van der Waals surface area (Å²) in [5, 5.41) is 3.66. The van der Waals surface area contributed by atoms with Gasteiger partial charge < -0.3 is 5.32 Å². The quantitative estimate of drug-likeness (QED) is 0.834. The number of benzene rings is 2. The van der Waals surface area contributed by atoms with Crippen LogP contribution in [0.25, 0.3) is 0 Å². The van der Waals surface area contributed by atoms with E-state index in [2.05, 4.69) is 70.6 Å². The second-order valence-corrected chi connectivity index (χ2v) is 6.48. The first-order chi connectivity index (χ1) is 8.74. The first kappa shape index (κ1) is 12.1. The maximum absolute atomic E-state index is 3.66. The zero-order valence-corrected chi connectivity index (χ0v) is 12.5. The molecule has 0 saturated carbocycles. The molecule has 92 valence electrons. The van der Waals surface area contributed by atoms with E-state index in [4.69, 9.17) is 0 Å². The Morgan fingerprint density at radius 1 is 1.22 bits per heavy atom. The number of hydrogen-bond acceptors (Lipinski definition) is 2. The summed E-state index contributed by atoms with van der Waals surface area (Å²) < 4.78 is 1.12. The van der Waals surface area contributed by atoms with Crippen molar-refractivity contribution < 1.29 is 0 Å². The average molecular weight is 320 g/mol. The highest BCUT2D eigenvalue weighted by atomic mass is 79.9. The fourth-order valence-corrected chi connectivity index (χ4v) is 3.74. The molecular formula is C15H14BrNS. The van der Waals surface area contributed by atoms with E-state index in [0.29, 0.717) is 6.04 Å². The molecule has 0 aromatic heterocycles. The number of anilines is 1. The number of nitrogens with one attached hydrogen (secondary N) is 1. The number of halogens is 1. The maximum atomic E-state index is 3.66. The average Bonchev–Trinajstić information content (AvgIpc) is 2.78. The third-order valence-corrected chi connectivity index (χ3v) is 4.91. The molecule has 0 amide bonds. The molecule has 18 heavy (non-hydrogen) atoms. The largest absolute Gasteiger partial charge is 0.377 e. The van der Waals surface area contributed by atoms with Gasteiger partial charge in [0.1, 0.15) is 0 Å². The van der Waals surface area contributed by atoms with Crippen LogP contribution in [0.2, 0.25) is 0 Å². The number of thioether (sulfide) groups is 1. The molecule has 0 fully saturated rings. The van der Waals surface area contributed by atoms with E-state index in [0.717, 1.165) is 10.2 Å². The highest BCUT2D eigenvalue weighted by Crippen LogP contribution is 2.40. The van der Waals surface area contributed by atoms with Gasteiger partial charge in [0.15, 0.2) is 0 Å². The smallest absolute Gasteiger partial charge is 0.0618 e. The van der Waals surface area contributed by atoms with Crippen LogP contribution in [0.3, 0.4) is 0 Å². The summed E-state index contributed by atoms with van der Waals surface area (Å²) >= 11 is 5.46. The van der Waals surface area contributed by atoms with Gasteiger partial charge in [-0.05, 0) is 36.2 Å². The van der Waals surface area contributed by atoms with Gasteiger partial charge in [-0.25, -0.2) is 0 Å². The predicted octanol–water partition coefficient (Wildman–Crippen LogP) is 5.02. The van der Waals surface area contributed by atoms with Crippen LogP contribution < -0.4 is 5.32 Å². The summed E-state index contributed by atoms with van der Waals surface area (Å²) in [6, 6.07) is 15.4. The summed E-state index contributed by atoms with van der Waals surface area (Å²) in [7, 11) is 0. The highest BCUT2D eigenvalue weighted by Gasteiger charge is 2.22. The molecule has 0 saturated heterocycles. The monoisotopic (exact) mass is 319 g/mol. The summed E-state index contributed by atoms with van der Waals surface area (Å²) in [6.07, 6.45) is 0. The molecule has 1 aliphatic heterocycles. The number of rotatable bonds is 2. The van der Waals surface area contributed by atoms with Gasteiger partial charge in [-0.3, -0.25) is 0 Å². The van der Waals surface area contributed by atoms with Crippen LogP contribution in [0.5, 0.6) is 0 Å². The molecule has 1 heterocycles. The molecule has 2 aromatic carbocycles. The Hall–Kier alpha value is -0.930. The Balaban J connectivity index is 1.88. The van der Waals surface area contributed by atoms with E-state index in [1.807, 2.05) is 11.8 Å². The van der Waals surface area contributed by atoms with Crippen LogP contribution in [-0.4, -0.2) is 5.75 Å². The molecule has 1 N–H and O–H groups in total. The van der Waals surface area contributed by atoms with Crippen molar-refractivity contribution in [1.82, 2.24) is 0 Å². The highest BCUT2D eigenvalue weighted by molar-refractivity contribution is 9.10. The Labute approximate surface area is 120 Å². The molecule has 3 heteroatoms. The fraction of sp³-hybridized carbons (Fsp3) is 0.200. The van der Waals surface area contributed by atoms with Crippen LogP contribution in [-0.2, 0) is 0 Å². The second kappa shape index (κ2) is 4.98. The van der Waals surface area contributed by atoms with Gasteiger partial charge in [-0.1, -0.05) is 40.2 Å². The van der Waals surface area contributed by atoms with Gasteiger partial charge >= 0.3 is 0 Å². The summed E-state index contributed by atoms with van der Waals surface area (Å²) in [4.78, 5) is 1.41. The lowest BCUT2D eigenvalue weighted by Crippen LogP contribution is -2.10. The molecule has 1 aliphatic rings. The summed E-state index contributed by atoms with van der Waals surface area (Å²) in [6.45, 7) is 2.14. The standard InChI is InChI=1S/C15H14BrNS/c1-10-6-7-11(16)8-13(10)17-14-9-18-15-5-3-2-4-12(14)15/h2-8,14,17H,9H2,1H3. The van der Waals surface area contributed by atoms with Crippen molar-refractivity contribution in [1.29, 1.82) is 0 Å². The number of fused-ring (bicyclic) bond motifs is 1. The van der Waals surface area contributed by atoms with E-state index < -0.39 is 0 Å². The minimum absolute atomic E-state index is 0.416. The van der Waals surface area contributed by atoms with Crippen LogP contribution in [0.4, 0.5) is 5.69 Å². The molecule has 0 aliphatic carbocycles. The second-order valence-electron chi connectivity index (χ2n) is 4.50. The van der Waals surface area contributed by atoms with Crippen molar-refractivity contribution >= 4 is 33.4 Å². The molecule has 0 bridgehead atoms. The minimum Gasteiger partial charge on any atom is -0.377 e. The van der Waals surface area contributed by atoms with Gasteiger partial charge in [0.05, 0.1) is 6.04 Å². The molecule has 1 unspecified atom stereocenters. The van der Waals surface area contributed by atoms with Crippen LogP contribution in [0, 0.1) is 6.92 Å². The van der Waals surface area contributed by atoms with Gasteiger partial charge in [0.2, 0.25) is 0 Å². The van der Waals surface area contributed by atoms with Crippen molar-refractivity contribution in [3.63, 3.8) is 0 Å². The molecular weight excluding hydrogens is 306 g/mol. The Kier molecular flexibility index (Phi) is 3.35. The molecule has 0 radical (unpaired) electrons. The first-order valence-electron chi connectivity index (χ1n) is 5.98. The molecule has 1 nitrogen and oxygen atoms in total. The van der Waals surface area contributed by atoms with Crippen LogP contribution in [0.1, 0.15) is 17.2 Å². The number of aryl methyl sites for hydroxylation is 1. The number of hydrogen-bond donors (Lipinski definition) is 1. The van der Waals surface area contributed by atoms with E-state index in [1.54, 1.807) is 0 Å². The third-order valence-electron chi connectivity index (χ3n) is 3.23. The SMILES string of the molecule is Cc1ccc(Br)cc1NC1CSc2ccccc21. The van der Waals surface area contributed by atoms with Gasteiger partial charge in [-0.2, -0.15) is 0 Å². The minimum atomic E-state index is 0.416. The fourth-order valence-electron chi connectivity index (χ4n) is 2.22. The Morgan fingerprint density at radius 3 is 2.94 bits per heavy atom. The van der Waals surface area contributed by atoms with E-state index >= 15 is 0 Å². The van der Waals surface area contributed by atoms with Crippen molar-refractivity contribution in [3.8, 4) is 0 Å². The first-order valence-corrected chi connectivity index (χ1v) is 7.76. The summed E-state index contributed by atoms with van der Waals surface area (Å²) in [5.41, 5.74) is 3.92. The lowest BCUT2D eigenvalue weighted by Gasteiger charge is -2.17. The van der Waals surface area contributed by atoms with Crippen molar-refractivity contribution in [2.24, 2.45) is 0 Å². The van der Waals surface area contributed by atoms with Gasteiger partial charge in [0, 0.05) is 20.8 Å². The normalized spacial score (nSPS) is 17.6. The van der Waals surface area contributed by atoms with E-state index in [-0.39, 0.29) is 0 Å². The zero-order valence-electron chi connectivity index (χ0n) is 10.1. The topological polar surface area (TPSA) is 12.0 Å². The van der Waals surface area contributed by atoms with Gasteiger partial charge in [0.25, 0.3) is 0 Å². The van der Waals surface area contributed by atoms with Crippen molar-refractivity contribution in [2.75, 3.05) is 11.1 Å². The van der Waals surface area contributed by atoms with Crippen LogP contribution >= 0.6 is 27.7 Å². The van der Waals surface area contributed by atoms with Crippen molar-refractivity contribution in [2.45, 2.75) is 17.9 Å². The summed E-state index contributed by atoms with van der Waals surface area (Å²) in [5.74, 6) is 1.10. The third kappa shape index (κ3) is 2.29. The molecule has 1 atom stereocenters. The Morgan fingerprint density at radius 2 is 2.06 bits per heavy atom. The zero-order chi connectivity index (χ0) is 12.5. The lowest BCUT2D eigenvalue weighted by atomic mass is 10.1. The maximum Gasteiger partial charge on any atom is 0.0618 e. The van der Waals surface area contributed by atoms with Crippen LogP contribution in [0.15, 0.2) is 51.8 Å². The van der Waals surface area contributed by atoms with E-state index in [9.17, 15) is 0 Å². The Bertz CT molecular complexity index is 582.